The largest absolute Gasteiger partial charge is 0.495 e. The van der Waals surface area contributed by atoms with Crippen LogP contribution in [0.3, 0.4) is 0 Å². The molecule has 0 aromatic heterocycles. The Hall–Kier alpha value is -2.21. The Morgan fingerprint density at radius 3 is 2.88 bits per heavy atom. The second-order valence-corrected chi connectivity index (χ2v) is 3.06. The number of carbonyl (C=O) groups excluding carboxylic acids is 1. The van der Waals surface area contributed by atoms with Crippen molar-refractivity contribution in [1.82, 2.24) is 0 Å². The zero-order valence-corrected chi connectivity index (χ0v) is 9.90. The first-order chi connectivity index (χ1) is 8.27. The van der Waals surface area contributed by atoms with Crippen molar-refractivity contribution in [1.29, 1.82) is 0 Å². The molecule has 17 heavy (non-hydrogen) atoms. The number of methoxy groups -OCH3 is 1. The molecular weight excluding hydrogens is 216 g/mol. The summed E-state index contributed by atoms with van der Waals surface area (Å²) in [4.78, 5) is 11.0. The van der Waals surface area contributed by atoms with Gasteiger partial charge in [0.2, 0.25) is 0 Å². The minimum absolute atomic E-state index is 0.364. The third-order valence-electron chi connectivity index (χ3n) is 1.90. The molecule has 1 rings (SSSR count). The van der Waals surface area contributed by atoms with Crippen LogP contribution in [-0.4, -0.2) is 19.7 Å². The van der Waals surface area contributed by atoms with Crippen molar-refractivity contribution < 1.29 is 14.3 Å². The monoisotopic (exact) mass is 230 g/mol. The smallest absolute Gasteiger partial charge is 0.331 e. The highest BCUT2D eigenvalue weighted by Gasteiger charge is 1.95. The lowest BCUT2D eigenvalue weighted by Crippen LogP contribution is -1.98. The molecule has 0 atom stereocenters. The minimum Gasteiger partial charge on any atom is -0.495 e. The quantitative estimate of drug-likeness (QED) is 0.453. The number of para-hydroxylation sites is 1. The molecule has 0 aliphatic rings. The summed E-state index contributed by atoms with van der Waals surface area (Å²) in [5.41, 5.74) is 0.781. The van der Waals surface area contributed by atoms with Crippen molar-refractivity contribution in [3.8, 4) is 17.6 Å². The van der Waals surface area contributed by atoms with E-state index >= 15 is 0 Å². The van der Waals surface area contributed by atoms with E-state index in [1.807, 2.05) is 24.3 Å². The summed E-state index contributed by atoms with van der Waals surface area (Å²) in [6.07, 6.45) is 2.76. The van der Waals surface area contributed by atoms with E-state index in [1.54, 1.807) is 14.0 Å². The molecule has 0 aliphatic heterocycles. The summed E-state index contributed by atoms with van der Waals surface area (Å²) >= 11 is 0. The van der Waals surface area contributed by atoms with Gasteiger partial charge in [-0.2, -0.15) is 0 Å². The van der Waals surface area contributed by atoms with Crippen molar-refractivity contribution in [3.05, 3.63) is 42.0 Å². The maximum absolute atomic E-state index is 11.0. The standard InChI is InChI=1S/C14H14O3/c1-3-17-14(15)11-7-5-9-12-8-4-6-10-13(12)16-2/h4,6-8,10-11H,3H2,1-2H3/b11-7-. The Morgan fingerprint density at radius 2 is 2.18 bits per heavy atom. The molecule has 0 heterocycles. The van der Waals surface area contributed by atoms with Crippen LogP contribution in [0.1, 0.15) is 12.5 Å². The van der Waals surface area contributed by atoms with Gasteiger partial charge in [0.15, 0.2) is 0 Å². The van der Waals surface area contributed by atoms with E-state index in [9.17, 15) is 4.79 Å². The Morgan fingerprint density at radius 1 is 1.41 bits per heavy atom. The lowest BCUT2D eigenvalue weighted by molar-refractivity contribution is -0.137. The number of ether oxygens (including phenoxy) is 2. The summed E-state index contributed by atoms with van der Waals surface area (Å²) in [7, 11) is 1.59. The normalized spacial score (nSPS) is 9.53. The molecule has 0 fully saturated rings. The topological polar surface area (TPSA) is 35.5 Å². The number of hydrogen-bond donors (Lipinski definition) is 0. The van der Waals surface area contributed by atoms with Crippen LogP contribution in [0.15, 0.2) is 36.4 Å². The van der Waals surface area contributed by atoms with Gasteiger partial charge in [-0.25, -0.2) is 4.79 Å². The van der Waals surface area contributed by atoms with Crippen LogP contribution in [0.25, 0.3) is 0 Å². The van der Waals surface area contributed by atoms with Gasteiger partial charge in [0.25, 0.3) is 0 Å². The van der Waals surface area contributed by atoms with Crippen molar-refractivity contribution in [2.75, 3.05) is 13.7 Å². The minimum atomic E-state index is -0.387. The molecule has 0 saturated heterocycles. The van der Waals surface area contributed by atoms with E-state index in [1.165, 1.54) is 12.2 Å². The number of carbonyl (C=O) groups is 1. The van der Waals surface area contributed by atoms with Crippen LogP contribution >= 0.6 is 0 Å². The molecule has 0 bridgehead atoms. The zero-order chi connectivity index (χ0) is 12.5. The molecule has 0 amide bonds. The third-order valence-corrected chi connectivity index (χ3v) is 1.90. The average molecular weight is 230 g/mol. The summed E-state index contributed by atoms with van der Waals surface area (Å²) in [6.45, 7) is 2.12. The van der Waals surface area contributed by atoms with Crippen molar-refractivity contribution in [3.63, 3.8) is 0 Å². The van der Waals surface area contributed by atoms with Gasteiger partial charge >= 0.3 is 5.97 Å². The van der Waals surface area contributed by atoms with Gasteiger partial charge in [0, 0.05) is 6.08 Å². The highest BCUT2D eigenvalue weighted by Crippen LogP contribution is 2.15. The molecule has 3 nitrogen and oxygen atoms in total. The van der Waals surface area contributed by atoms with E-state index in [4.69, 9.17) is 9.47 Å². The van der Waals surface area contributed by atoms with Gasteiger partial charge in [-0.15, -0.1) is 0 Å². The highest BCUT2D eigenvalue weighted by atomic mass is 16.5. The van der Waals surface area contributed by atoms with Gasteiger partial charge in [0.05, 0.1) is 19.3 Å². The lowest BCUT2D eigenvalue weighted by atomic mass is 10.2. The first-order valence-corrected chi connectivity index (χ1v) is 5.25. The second kappa shape index (κ2) is 7.13. The summed E-state index contributed by atoms with van der Waals surface area (Å²) in [5.74, 6) is 5.97. The maximum atomic E-state index is 11.0. The molecule has 0 saturated carbocycles. The fraction of sp³-hybridized carbons (Fsp3) is 0.214. The summed E-state index contributed by atoms with van der Waals surface area (Å²) in [5, 5.41) is 0. The van der Waals surface area contributed by atoms with Gasteiger partial charge in [0.1, 0.15) is 5.75 Å². The first kappa shape index (κ1) is 12.9. The third kappa shape index (κ3) is 4.43. The Labute approximate surface area is 101 Å². The van der Waals surface area contributed by atoms with Crippen LogP contribution in [0.4, 0.5) is 0 Å². The molecule has 0 spiro atoms. The molecule has 0 aliphatic carbocycles. The number of benzene rings is 1. The second-order valence-electron chi connectivity index (χ2n) is 3.06. The number of rotatable bonds is 3. The van der Waals surface area contributed by atoms with Crippen LogP contribution in [0.2, 0.25) is 0 Å². The van der Waals surface area contributed by atoms with E-state index in [-0.39, 0.29) is 5.97 Å². The van der Waals surface area contributed by atoms with E-state index in [0.29, 0.717) is 12.4 Å². The predicted molar refractivity (Wildman–Crippen MR) is 65.6 cm³/mol. The lowest BCUT2D eigenvalue weighted by Gasteiger charge is -2.00. The molecule has 88 valence electrons. The Bertz CT molecular complexity index is 464. The zero-order valence-electron chi connectivity index (χ0n) is 9.90. The Balaban J connectivity index is 2.69. The van der Waals surface area contributed by atoms with Crippen LogP contribution in [-0.2, 0) is 9.53 Å². The molecule has 1 aromatic carbocycles. The Kier molecular flexibility index (Phi) is 5.39. The predicted octanol–water partition coefficient (Wildman–Crippen LogP) is 2.17. The van der Waals surface area contributed by atoms with Gasteiger partial charge in [-0.05, 0) is 25.1 Å². The fourth-order valence-electron chi connectivity index (χ4n) is 1.17. The van der Waals surface area contributed by atoms with Crippen LogP contribution < -0.4 is 4.74 Å². The molecule has 3 heteroatoms. The van der Waals surface area contributed by atoms with Crippen molar-refractivity contribution >= 4 is 5.97 Å². The van der Waals surface area contributed by atoms with Crippen molar-refractivity contribution in [2.24, 2.45) is 0 Å². The molecule has 0 unspecified atom stereocenters. The van der Waals surface area contributed by atoms with Crippen LogP contribution in [0, 0.1) is 11.8 Å². The number of allylic oxidation sites excluding steroid dienone is 1. The van der Waals surface area contributed by atoms with Gasteiger partial charge in [-0.1, -0.05) is 24.0 Å². The summed E-state index contributed by atoms with van der Waals surface area (Å²) in [6, 6.07) is 7.43. The highest BCUT2D eigenvalue weighted by molar-refractivity contribution is 5.82. The number of esters is 1. The molecule has 0 N–H and O–H groups in total. The molecular formula is C14H14O3. The van der Waals surface area contributed by atoms with Crippen LogP contribution in [0.5, 0.6) is 5.75 Å². The van der Waals surface area contributed by atoms with Gasteiger partial charge < -0.3 is 9.47 Å². The molecule has 0 radical (unpaired) electrons. The molecule has 1 aromatic rings. The average Bonchev–Trinajstić information content (AvgIpc) is 2.35. The first-order valence-electron chi connectivity index (χ1n) is 5.25. The maximum Gasteiger partial charge on any atom is 0.331 e. The van der Waals surface area contributed by atoms with E-state index in [2.05, 4.69) is 11.8 Å². The summed E-state index contributed by atoms with van der Waals surface area (Å²) < 4.78 is 9.86. The van der Waals surface area contributed by atoms with E-state index < -0.39 is 0 Å². The van der Waals surface area contributed by atoms with E-state index in [0.717, 1.165) is 5.56 Å². The number of hydrogen-bond acceptors (Lipinski definition) is 3. The SMILES string of the molecule is CCOC(=O)/C=C\C#Cc1ccccc1OC. The van der Waals surface area contributed by atoms with Gasteiger partial charge in [-0.3, -0.25) is 0 Å². The van der Waals surface area contributed by atoms with Crippen molar-refractivity contribution in [2.45, 2.75) is 6.92 Å². The fourth-order valence-corrected chi connectivity index (χ4v) is 1.17.